The Labute approximate surface area is 94.4 Å². The van der Waals surface area contributed by atoms with Gasteiger partial charge in [-0.3, -0.25) is 0 Å². The number of hydrogen-bond donors (Lipinski definition) is 1. The van der Waals surface area contributed by atoms with Gasteiger partial charge in [0, 0.05) is 5.54 Å². The minimum absolute atomic E-state index is 0.279. The third-order valence-corrected chi connectivity index (χ3v) is 3.60. The Hall–Kier alpha value is 0.310. The van der Waals surface area contributed by atoms with E-state index in [1.807, 2.05) is 0 Å². The first kappa shape index (κ1) is 14.3. The van der Waals surface area contributed by atoms with E-state index in [1.165, 1.54) is 24.3 Å². The molecule has 0 saturated heterocycles. The van der Waals surface area contributed by atoms with Gasteiger partial charge in [0.05, 0.1) is 0 Å². The lowest BCUT2D eigenvalue weighted by atomic mass is 10.1. The van der Waals surface area contributed by atoms with Crippen molar-refractivity contribution in [2.24, 2.45) is 5.92 Å². The summed E-state index contributed by atoms with van der Waals surface area (Å²) >= 11 is 2.10. The number of nitrogens with one attached hydrogen (secondary N) is 1. The molecule has 0 saturated carbocycles. The van der Waals surface area contributed by atoms with Gasteiger partial charge in [-0.2, -0.15) is 11.8 Å². The molecule has 1 atom stereocenters. The molecule has 0 radical (unpaired) electrons. The lowest BCUT2D eigenvalue weighted by Gasteiger charge is -2.20. The number of hydrogen-bond acceptors (Lipinski definition) is 2. The Bertz CT molecular complexity index is 129. The molecule has 14 heavy (non-hydrogen) atoms. The monoisotopic (exact) mass is 217 g/mol. The maximum Gasteiger partial charge on any atom is 0.00965 e. The van der Waals surface area contributed by atoms with Crippen molar-refractivity contribution in [1.82, 2.24) is 5.32 Å². The Morgan fingerprint density at radius 2 is 1.93 bits per heavy atom. The van der Waals surface area contributed by atoms with Crippen LogP contribution in [0.4, 0.5) is 0 Å². The Morgan fingerprint density at radius 1 is 1.29 bits per heavy atom. The summed E-state index contributed by atoms with van der Waals surface area (Å²) in [7, 11) is 0. The van der Waals surface area contributed by atoms with Crippen molar-refractivity contribution >= 4 is 11.8 Å². The second-order valence-electron chi connectivity index (χ2n) is 5.12. The van der Waals surface area contributed by atoms with Crippen molar-refractivity contribution in [2.45, 2.75) is 53.0 Å². The van der Waals surface area contributed by atoms with Crippen LogP contribution >= 0.6 is 11.8 Å². The van der Waals surface area contributed by atoms with Crippen LogP contribution in [-0.2, 0) is 0 Å². The fourth-order valence-corrected chi connectivity index (χ4v) is 2.19. The summed E-state index contributed by atoms with van der Waals surface area (Å²) in [6.07, 6.45) is 2.60. The molecule has 0 heterocycles. The third-order valence-electron chi connectivity index (χ3n) is 2.22. The van der Waals surface area contributed by atoms with Crippen molar-refractivity contribution in [3.05, 3.63) is 0 Å². The van der Waals surface area contributed by atoms with Crippen LogP contribution in [-0.4, -0.2) is 23.6 Å². The maximum absolute atomic E-state index is 3.51. The van der Waals surface area contributed by atoms with Gasteiger partial charge >= 0.3 is 0 Å². The van der Waals surface area contributed by atoms with E-state index in [0.29, 0.717) is 0 Å². The molecular formula is C12H27NS. The van der Waals surface area contributed by atoms with E-state index in [-0.39, 0.29) is 5.54 Å². The highest BCUT2D eigenvalue weighted by Gasteiger charge is 2.07. The van der Waals surface area contributed by atoms with Crippen molar-refractivity contribution in [2.75, 3.05) is 18.1 Å². The molecule has 0 fully saturated rings. The first-order valence-electron chi connectivity index (χ1n) is 5.78. The summed E-state index contributed by atoms with van der Waals surface area (Å²) in [6, 6.07) is 0. The van der Waals surface area contributed by atoms with Crippen molar-refractivity contribution in [3.8, 4) is 0 Å². The van der Waals surface area contributed by atoms with Crippen LogP contribution in [0.3, 0.4) is 0 Å². The summed E-state index contributed by atoms with van der Waals surface area (Å²) in [5.74, 6) is 3.51. The predicted octanol–water partition coefficient (Wildman–Crippen LogP) is 3.54. The van der Waals surface area contributed by atoms with Crippen LogP contribution in [0.2, 0.25) is 0 Å². The topological polar surface area (TPSA) is 12.0 Å². The SMILES string of the molecule is CCC(C)CSCCCNC(C)(C)C. The zero-order valence-corrected chi connectivity index (χ0v) is 11.3. The van der Waals surface area contributed by atoms with E-state index < -0.39 is 0 Å². The number of thioether (sulfide) groups is 1. The highest BCUT2D eigenvalue weighted by Crippen LogP contribution is 2.11. The minimum Gasteiger partial charge on any atom is -0.312 e. The van der Waals surface area contributed by atoms with Gasteiger partial charge in [-0.1, -0.05) is 20.3 Å². The van der Waals surface area contributed by atoms with Crippen LogP contribution in [0, 0.1) is 5.92 Å². The van der Waals surface area contributed by atoms with Crippen molar-refractivity contribution in [3.63, 3.8) is 0 Å². The van der Waals surface area contributed by atoms with E-state index in [2.05, 4.69) is 51.7 Å². The minimum atomic E-state index is 0.279. The maximum atomic E-state index is 3.51. The van der Waals surface area contributed by atoms with Gasteiger partial charge in [0.1, 0.15) is 0 Å². The van der Waals surface area contributed by atoms with Crippen LogP contribution in [0.15, 0.2) is 0 Å². The average molecular weight is 217 g/mol. The summed E-state index contributed by atoms with van der Waals surface area (Å²) in [5.41, 5.74) is 0.279. The summed E-state index contributed by atoms with van der Waals surface area (Å²) in [4.78, 5) is 0. The van der Waals surface area contributed by atoms with E-state index in [4.69, 9.17) is 0 Å². The molecule has 0 aliphatic carbocycles. The van der Waals surface area contributed by atoms with Gasteiger partial charge < -0.3 is 5.32 Å². The zero-order valence-electron chi connectivity index (χ0n) is 10.5. The molecule has 0 spiro atoms. The Morgan fingerprint density at radius 3 is 2.43 bits per heavy atom. The largest absolute Gasteiger partial charge is 0.312 e. The lowest BCUT2D eigenvalue weighted by molar-refractivity contribution is 0.427. The molecule has 2 heteroatoms. The molecule has 1 unspecified atom stereocenters. The van der Waals surface area contributed by atoms with Crippen molar-refractivity contribution in [1.29, 1.82) is 0 Å². The molecule has 1 N–H and O–H groups in total. The Kier molecular flexibility index (Phi) is 7.75. The number of rotatable bonds is 7. The molecule has 0 aliphatic heterocycles. The standard InChI is InChI=1S/C12H27NS/c1-6-11(2)10-14-9-7-8-13-12(3,4)5/h11,13H,6-10H2,1-5H3. The molecule has 0 aromatic heterocycles. The molecule has 0 rings (SSSR count). The normalized spacial score (nSPS) is 14.4. The highest BCUT2D eigenvalue weighted by molar-refractivity contribution is 7.99. The molecule has 0 aliphatic rings. The molecule has 86 valence electrons. The second kappa shape index (κ2) is 7.58. The predicted molar refractivity (Wildman–Crippen MR) is 69.2 cm³/mol. The lowest BCUT2D eigenvalue weighted by Crippen LogP contribution is -2.36. The van der Waals surface area contributed by atoms with Crippen molar-refractivity contribution < 1.29 is 0 Å². The van der Waals surface area contributed by atoms with Gasteiger partial charge in [-0.05, 0) is 51.2 Å². The van der Waals surface area contributed by atoms with Crippen LogP contribution < -0.4 is 5.32 Å². The van der Waals surface area contributed by atoms with E-state index >= 15 is 0 Å². The molecule has 1 nitrogen and oxygen atoms in total. The van der Waals surface area contributed by atoms with Crippen LogP contribution in [0.1, 0.15) is 47.5 Å². The fraction of sp³-hybridized carbons (Fsp3) is 1.00. The highest BCUT2D eigenvalue weighted by atomic mass is 32.2. The van der Waals surface area contributed by atoms with Gasteiger partial charge in [-0.25, -0.2) is 0 Å². The summed E-state index contributed by atoms with van der Waals surface area (Å²) in [6.45, 7) is 12.4. The van der Waals surface area contributed by atoms with Gasteiger partial charge in [-0.15, -0.1) is 0 Å². The first-order chi connectivity index (χ1) is 6.45. The van der Waals surface area contributed by atoms with Gasteiger partial charge in [0.15, 0.2) is 0 Å². The smallest absolute Gasteiger partial charge is 0.00965 e. The summed E-state index contributed by atoms with van der Waals surface area (Å²) in [5, 5.41) is 3.51. The second-order valence-corrected chi connectivity index (χ2v) is 6.27. The quantitative estimate of drug-likeness (QED) is 0.655. The zero-order chi connectivity index (χ0) is 11.0. The molecular weight excluding hydrogens is 190 g/mol. The van der Waals surface area contributed by atoms with Crippen LogP contribution in [0.5, 0.6) is 0 Å². The molecule has 0 aromatic rings. The average Bonchev–Trinajstić information content (AvgIpc) is 2.08. The third kappa shape index (κ3) is 10.4. The molecule has 0 amide bonds. The van der Waals surface area contributed by atoms with E-state index in [0.717, 1.165) is 12.5 Å². The van der Waals surface area contributed by atoms with Gasteiger partial charge in [0.2, 0.25) is 0 Å². The first-order valence-corrected chi connectivity index (χ1v) is 6.94. The van der Waals surface area contributed by atoms with Crippen LogP contribution in [0.25, 0.3) is 0 Å². The molecule has 0 aromatic carbocycles. The fourth-order valence-electron chi connectivity index (χ4n) is 1.04. The molecule has 0 bridgehead atoms. The van der Waals surface area contributed by atoms with E-state index in [9.17, 15) is 0 Å². The Balaban J connectivity index is 3.14. The van der Waals surface area contributed by atoms with Gasteiger partial charge in [0.25, 0.3) is 0 Å². The summed E-state index contributed by atoms with van der Waals surface area (Å²) < 4.78 is 0. The van der Waals surface area contributed by atoms with E-state index in [1.54, 1.807) is 0 Å².